The van der Waals surface area contributed by atoms with Gasteiger partial charge in [0.25, 0.3) is 0 Å². The molecule has 2 atom stereocenters. The van der Waals surface area contributed by atoms with Crippen LogP contribution in [0.2, 0.25) is 0 Å². The molecule has 1 aliphatic heterocycles. The van der Waals surface area contributed by atoms with Crippen molar-refractivity contribution >= 4 is 11.6 Å². The van der Waals surface area contributed by atoms with Crippen molar-refractivity contribution in [3.05, 3.63) is 35.9 Å². The van der Waals surface area contributed by atoms with Gasteiger partial charge >= 0.3 is 0 Å². The molecule has 2 unspecified atom stereocenters. The molecule has 4 heteroatoms. The van der Waals surface area contributed by atoms with Crippen LogP contribution in [0.5, 0.6) is 0 Å². The predicted octanol–water partition coefficient (Wildman–Crippen LogP) is 3.17. The van der Waals surface area contributed by atoms with Gasteiger partial charge in [-0.3, -0.25) is 9.79 Å². The minimum absolute atomic E-state index is 0.00577. The largest absolute Gasteiger partial charge is 0.354 e. The molecule has 3 nitrogen and oxygen atoms in total. The molecule has 1 fully saturated rings. The van der Waals surface area contributed by atoms with E-state index in [1.165, 1.54) is 0 Å². The van der Waals surface area contributed by atoms with Crippen LogP contribution in [0, 0.1) is 0 Å². The molecule has 0 radical (unpaired) electrons. The molecule has 1 aromatic carbocycles. The van der Waals surface area contributed by atoms with Gasteiger partial charge in [0.2, 0.25) is 0 Å². The first-order valence-electron chi connectivity index (χ1n) is 7.11. The molecule has 0 amide bonds. The zero-order valence-corrected chi connectivity index (χ0v) is 12.1. The van der Waals surface area contributed by atoms with E-state index >= 15 is 0 Å². The maximum Gasteiger partial charge on any atom is 0.159 e. The summed E-state index contributed by atoms with van der Waals surface area (Å²) in [6, 6.07) is 9.86. The van der Waals surface area contributed by atoms with Gasteiger partial charge in [0.15, 0.2) is 12.0 Å². The number of aliphatic imine (C=N–C) groups is 1. The molecular weight excluding hydrogens is 255 g/mol. The van der Waals surface area contributed by atoms with Crippen molar-refractivity contribution in [3.63, 3.8) is 0 Å². The fourth-order valence-electron chi connectivity index (χ4n) is 2.61. The monoisotopic (exact) mass is 276 g/mol. The summed E-state index contributed by atoms with van der Waals surface area (Å²) in [5.74, 6) is 0.479. The second kappa shape index (κ2) is 6.64. The minimum Gasteiger partial charge on any atom is -0.354 e. The molecule has 1 aliphatic rings. The number of hydrogen-bond donors (Lipinski definition) is 0. The van der Waals surface area contributed by atoms with Gasteiger partial charge in [0.1, 0.15) is 5.84 Å². The molecule has 2 rings (SSSR count). The summed E-state index contributed by atoms with van der Waals surface area (Å²) in [6.45, 7) is 2.05. The summed E-state index contributed by atoms with van der Waals surface area (Å²) in [7, 11) is 1.85. The Labute approximate surface area is 119 Å². The summed E-state index contributed by atoms with van der Waals surface area (Å²) in [4.78, 5) is 17.6. The molecule has 0 saturated carbocycles. The molecular formula is C16H21FN2O. The maximum atomic E-state index is 14.1. The smallest absolute Gasteiger partial charge is 0.159 e. The minimum atomic E-state index is -1.08. The lowest BCUT2D eigenvalue weighted by Gasteiger charge is -2.21. The van der Waals surface area contributed by atoms with Crippen molar-refractivity contribution in [1.82, 2.24) is 4.90 Å². The molecule has 20 heavy (non-hydrogen) atoms. The van der Waals surface area contributed by atoms with E-state index in [0.29, 0.717) is 18.7 Å². The first-order valence-corrected chi connectivity index (χ1v) is 7.11. The maximum absolute atomic E-state index is 14.1. The van der Waals surface area contributed by atoms with Crippen molar-refractivity contribution < 1.29 is 9.18 Å². The lowest BCUT2D eigenvalue weighted by molar-refractivity contribution is -0.117. The zero-order valence-electron chi connectivity index (χ0n) is 12.1. The Bertz CT molecular complexity index is 487. The summed E-state index contributed by atoms with van der Waals surface area (Å²) >= 11 is 0. The van der Waals surface area contributed by atoms with Gasteiger partial charge in [-0.15, -0.1) is 0 Å². The fraction of sp³-hybridized carbons (Fsp3) is 0.500. The number of rotatable bonds is 5. The van der Waals surface area contributed by atoms with Gasteiger partial charge in [0, 0.05) is 19.9 Å². The number of hydrogen-bond acceptors (Lipinski definition) is 2. The lowest BCUT2D eigenvalue weighted by Crippen LogP contribution is -2.27. The molecule has 0 bridgehead atoms. The number of alkyl halides is 1. The van der Waals surface area contributed by atoms with Crippen molar-refractivity contribution in [1.29, 1.82) is 0 Å². The Kier molecular flexibility index (Phi) is 4.88. The molecule has 0 spiro atoms. The molecule has 0 aliphatic carbocycles. The number of carbonyl (C=O) groups is 1. The number of carbonyl (C=O) groups excluding carboxylic acids is 1. The summed E-state index contributed by atoms with van der Waals surface area (Å²) in [5, 5.41) is 0. The predicted molar refractivity (Wildman–Crippen MR) is 78.7 cm³/mol. The van der Waals surface area contributed by atoms with Gasteiger partial charge in [-0.05, 0) is 12.0 Å². The van der Waals surface area contributed by atoms with Crippen molar-refractivity contribution in [2.75, 3.05) is 13.6 Å². The first-order chi connectivity index (χ1) is 9.63. The Balaban J connectivity index is 2.09. The van der Waals surface area contributed by atoms with Crippen molar-refractivity contribution in [3.8, 4) is 0 Å². The highest BCUT2D eigenvalue weighted by molar-refractivity contribution is 5.91. The van der Waals surface area contributed by atoms with Crippen molar-refractivity contribution in [2.24, 2.45) is 4.99 Å². The normalized spacial score (nSPS) is 24.4. The third-order valence-electron chi connectivity index (χ3n) is 3.67. The van der Waals surface area contributed by atoms with E-state index < -0.39 is 6.17 Å². The molecule has 108 valence electrons. The highest BCUT2D eigenvalue weighted by atomic mass is 19.1. The van der Waals surface area contributed by atoms with E-state index in [2.05, 4.69) is 4.99 Å². The fourth-order valence-corrected chi connectivity index (χ4v) is 2.61. The molecule has 0 N–H and O–H groups in total. The summed E-state index contributed by atoms with van der Waals surface area (Å²) in [6.07, 6.45) is 0.645. The molecule has 1 heterocycles. The molecule has 1 aromatic rings. The Morgan fingerprint density at radius 3 is 2.75 bits per heavy atom. The molecule has 1 saturated heterocycles. The van der Waals surface area contributed by atoms with Crippen LogP contribution in [0.25, 0.3) is 0 Å². The van der Waals surface area contributed by atoms with Crippen LogP contribution in [-0.2, 0) is 4.79 Å². The summed E-state index contributed by atoms with van der Waals surface area (Å²) < 4.78 is 14.1. The van der Waals surface area contributed by atoms with Crippen LogP contribution in [0.1, 0.15) is 37.8 Å². The zero-order chi connectivity index (χ0) is 14.5. The SMILES string of the molecule is CCCC(=O)C/N=C1/C(F)CC(c2ccccc2)N1C. The second-order valence-electron chi connectivity index (χ2n) is 5.20. The van der Waals surface area contributed by atoms with Crippen LogP contribution in [-0.4, -0.2) is 36.3 Å². The number of halogens is 1. The quantitative estimate of drug-likeness (QED) is 0.827. The van der Waals surface area contributed by atoms with Gasteiger partial charge < -0.3 is 4.90 Å². The van der Waals surface area contributed by atoms with Crippen LogP contribution < -0.4 is 0 Å². The Hall–Kier alpha value is -1.71. The van der Waals surface area contributed by atoms with Crippen molar-refractivity contribution in [2.45, 2.75) is 38.4 Å². The second-order valence-corrected chi connectivity index (χ2v) is 5.20. The van der Waals surface area contributed by atoms with Crippen LogP contribution in [0.3, 0.4) is 0 Å². The van der Waals surface area contributed by atoms with Gasteiger partial charge in [0.05, 0.1) is 12.6 Å². The van der Waals surface area contributed by atoms with E-state index in [-0.39, 0.29) is 18.4 Å². The van der Waals surface area contributed by atoms with Gasteiger partial charge in [-0.25, -0.2) is 4.39 Å². The Morgan fingerprint density at radius 1 is 1.40 bits per heavy atom. The summed E-state index contributed by atoms with van der Waals surface area (Å²) in [5.41, 5.74) is 1.09. The van der Waals surface area contributed by atoms with Crippen LogP contribution in [0.4, 0.5) is 4.39 Å². The van der Waals surface area contributed by atoms with E-state index in [1.807, 2.05) is 49.2 Å². The Morgan fingerprint density at radius 2 is 2.10 bits per heavy atom. The number of amidine groups is 1. The lowest BCUT2D eigenvalue weighted by atomic mass is 10.0. The van der Waals surface area contributed by atoms with E-state index in [1.54, 1.807) is 0 Å². The highest BCUT2D eigenvalue weighted by Crippen LogP contribution is 2.33. The van der Waals surface area contributed by atoms with E-state index in [4.69, 9.17) is 0 Å². The average molecular weight is 276 g/mol. The number of benzene rings is 1. The number of Topliss-reactive ketones (excluding diaryl/α,β-unsaturated/α-hetero) is 1. The van der Waals surface area contributed by atoms with Crippen LogP contribution >= 0.6 is 0 Å². The average Bonchev–Trinajstić information content (AvgIpc) is 2.73. The molecule has 0 aromatic heterocycles. The van der Waals surface area contributed by atoms with E-state index in [0.717, 1.165) is 12.0 Å². The highest BCUT2D eigenvalue weighted by Gasteiger charge is 2.36. The topological polar surface area (TPSA) is 32.7 Å². The first kappa shape index (κ1) is 14.7. The number of ketones is 1. The van der Waals surface area contributed by atoms with Gasteiger partial charge in [-0.2, -0.15) is 0 Å². The standard InChI is InChI=1S/C16H21FN2O/c1-3-7-13(20)11-18-16-14(17)10-15(19(16)2)12-8-5-4-6-9-12/h4-6,8-9,14-15H,3,7,10-11H2,1-2H3/b18-16-. The van der Waals surface area contributed by atoms with E-state index in [9.17, 15) is 9.18 Å². The van der Waals surface area contributed by atoms with Gasteiger partial charge in [-0.1, -0.05) is 37.3 Å². The number of nitrogens with zero attached hydrogens (tertiary/aromatic N) is 2. The number of likely N-dealkylation sites (tertiary alicyclic amines) is 1. The third kappa shape index (κ3) is 3.24. The third-order valence-corrected chi connectivity index (χ3v) is 3.67. The van der Waals surface area contributed by atoms with Crippen LogP contribution in [0.15, 0.2) is 35.3 Å².